The summed E-state index contributed by atoms with van der Waals surface area (Å²) >= 11 is 0. The van der Waals surface area contributed by atoms with Crippen molar-refractivity contribution in [3.63, 3.8) is 0 Å². The predicted molar refractivity (Wildman–Crippen MR) is 93.5 cm³/mol. The number of nitrogens with one attached hydrogen (secondary N) is 1. The zero-order chi connectivity index (χ0) is 16.5. The van der Waals surface area contributed by atoms with Crippen LogP contribution in [0, 0.1) is 0 Å². The molecule has 0 aliphatic rings. The number of hydrogen-bond acceptors (Lipinski definition) is 5. The highest BCUT2D eigenvalue weighted by atomic mass is 16.5. The highest BCUT2D eigenvalue weighted by molar-refractivity contribution is 6.08. The number of ether oxygens (including phenoxy) is 1. The number of nitrogen functional groups attached to an aromatic ring is 1. The van der Waals surface area contributed by atoms with Gasteiger partial charge in [0.15, 0.2) is 0 Å². The Kier molecular flexibility index (Phi) is 3.62. The summed E-state index contributed by atoms with van der Waals surface area (Å²) in [7, 11) is 0. The molecule has 24 heavy (non-hydrogen) atoms. The van der Waals surface area contributed by atoms with Crippen LogP contribution in [-0.4, -0.2) is 38.2 Å². The number of fused-ring (bicyclic) bond motifs is 3. The van der Waals surface area contributed by atoms with E-state index in [0.29, 0.717) is 25.6 Å². The Morgan fingerprint density at radius 2 is 2.17 bits per heavy atom. The molecule has 3 N–H and O–H groups in total. The van der Waals surface area contributed by atoms with Gasteiger partial charge in [0.05, 0.1) is 41.5 Å². The van der Waals surface area contributed by atoms with Gasteiger partial charge in [0.1, 0.15) is 5.82 Å². The number of aromatic amines is 1. The molecule has 122 valence electrons. The van der Waals surface area contributed by atoms with Crippen LogP contribution in [0.5, 0.6) is 0 Å². The molecule has 1 aromatic carbocycles. The molecular formula is C17H18N6O. The minimum absolute atomic E-state index is 0.488. The molecule has 3 heterocycles. The summed E-state index contributed by atoms with van der Waals surface area (Å²) in [6, 6.07) is 8.04. The lowest BCUT2D eigenvalue weighted by atomic mass is 10.1. The van der Waals surface area contributed by atoms with Crippen molar-refractivity contribution < 1.29 is 4.74 Å². The molecule has 0 radical (unpaired) electrons. The van der Waals surface area contributed by atoms with Gasteiger partial charge in [-0.25, -0.2) is 4.98 Å². The van der Waals surface area contributed by atoms with E-state index in [1.54, 1.807) is 12.4 Å². The molecule has 0 spiro atoms. The largest absolute Gasteiger partial charge is 0.383 e. The van der Waals surface area contributed by atoms with E-state index in [9.17, 15) is 0 Å². The zero-order valence-corrected chi connectivity index (χ0v) is 13.4. The molecule has 7 heteroatoms. The van der Waals surface area contributed by atoms with Crippen LogP contribution in [0.15, 0.2) is 36.7 Å². The Morgan fingerprint density at radius 3 is 2.96 bits per heavy atom. The molecule has 0 amide bonds. The first kappa shape index (κ1) is 14.6. The summed E-state index contributed by atoms with van der Waals surface area (Å²) in [6.07, 6.45) is 3.50. The Bertz CT molecular complexity index is 989. The summed E-state index contributed by atoms with van der Waals surface area (Å²) < 4.78 is 7.38. The van der Waals surface area contributed by atoms with Crippen LogP contribution in [0.25, 0.3) is 33.1 Å². The van der Waals surface area contributed by atoms with Crippen LogP contribution in [0.2, 0.25) is 0 Å². The van der Waals surface area contributed by atoms with Crippen molar-refractivity contribution in [3.8, 4) is 11.3 Å². The Hall–Kier alpha value is -2.93. The second kappa shape index (κ2) is 5.93. The summed E-state index contributed by atoms with van der Waals surface area (Å²) in [4.78, 5) is 4.54. The minimum Gasteiger partial charge on any atom is -0.383 e. The molecular weight excluding hydrogens is 304 g/mol. The molecule has 0 saturated carbocycles. The van der Waals surface area contributed by atoms with Gasteiger partial charge >= 0.3 is 0 Å². The third-order valence-corrected chi connectivity index (χ3v) is 4.07. The van der Waals surface area contributed by atoms with Crippen LogP contribution in [0.3, 0.4) is 0 Å². The number of H-pyrrole nitrogens is 1. The molecule has 0 bridgehead atoms. The molecule has 0 saturated heterocycles. The maximum absolute atomic E-state index is 6.14. The maximum atomic E-state index is 6.14. The lowest BCUT2D eigenvalue weighted by molar-refractivity contribution is 0.137. The van der Waals surface area contributed by atoms with Crippen molar-refractivity contribution >= 4 is 27.6 Å². The zero-order valence-electron chi connectivity index (χ0n) is 13.4. The van der Waals surface area contributed by atoms with Gasteiger partial charge in [-0.15, -0.1) is 0 Å². The highest BCUT2D eigenvalue weighted by Gasteiger charge is 2.13. The normalized spacial score (nSPS) is 11.5. The van der Waals surface area contributed by atoms with Crippen LogP contribution in [0.1, 0.15) is 6.92 Å². The van der Waals surface area contributed by atoms with Crippen molar-refractivity contribution in [2.24, 2.45) is 0 Å². The number of aromatic nitrogens is 5. The van der Waals surface area contributed by atoms with Crippen molar-refractivity contribution in [1.82, 2.24) is 25.0 Å². The summed E-state index contributed by atoms with van der Waals surface area (Å²) in [5.74, 6) is 0.488. The van der Waals surface area contributed by atoms with Gasteiger partial charge in [-0.3, -0.25) is 9.78 Å². The van der Waals surface area contributed by atoms with E-state index in [-0.39, 0.29) is 0 Å². The van der Waals surface area contributed by atoms with Crippen LogP contribution < -0.4 is 5.73 Å². The van der Waals surface area contributed by atoms with E-state index in [4.69, 9.17) is 10.5 Å². The van der Waals surface area contributed by atoms with Crippen LogP contribution in [0.4, 0.5) is 5.82 Å². The number of benzene rings is 1. The number of hydrogen-bond donors (Lipinski definition) is 2. The van der Waals surface area contributed by atoms with Crippen LogP contribution >= 0.6 is 0 Å². The first-order valence-corrected chi connectivity index (χ1v) is 7.90. The highest BCUT2D eigenvalue weighted by Crippen LogP contribution is 2.30. The van der Waals surface area contributed by atoms with Gasteiger partial charge in [-0.05, 0) is 25.1 Å². The number of rotatable bonds is 5. The second-order valence-corrected chi connectivity index (χ2v) is 5.53. The minimum atomic E-state index is 0.488. The Balaban J connectivity index is 1.87. The number of nitrogens with two attached hydrogens (primary N) is 1. The lowest BCUT2D eigenvalue weighted by Gasteiger charge is -2.08. The number of anilines is 1. The van der Waals surface area contributed by atoms with Crippen molar-refractivity contribution in [1.29, 1.82) is 0 Å². The van der Waals surface area contributed by atoms with Gasteiger partial charge in [-0.2, -0.15) is 10.2 Å². The smallest absolute Gasteiger partial charge is 0.135 e. The number of pyridine rings is 1. The van der Waals surface area contributed by atoms with Gasteiger partial charge < -0.3 is 10.5 Å². The maximum Gasteiger partial charge on any atom is 0.135 e. The Morgan fingerprint density at radius 1 is 1.25 bits per heavy atom. The van der Waals surface area contributed by atoms with Crippen LogP contribution in [-0.2, 0) is 11.3 Å². The summed E-state index contributed by atoms with van der Waals surface area (Å²) in [5.41, 5.74) is 9.94. The van der Waals surface area contributed by atoms with E-state index in [1.165, 1.54) is 0 Å². The summed E-state index contributed by atoms with van der Waals surface area (Å²) in [6.45, 7) is 3.97. The fraction of sp³-hybridized carbons (Fsp3) is 0.235. The molecule has 4 aromatic rings. The molecule has 0 unspecified atom stereocenters. The van der Waals surface area contributed by atoms with Gasteiger partial charge in [0.25, 0.3) is 0 Å². The van der Waals surface area contributed by atoms with Crippen molar-refractivity contribution in [3.05, 3.63) is 36.7 Å². The van der Waals surface area contributed by atoms with Gasteiger partial charge in [-0.1, -0.05) is 6.07 Å². The molecule has 0 fully saturated rings. The SMILES string of the molecule is CCOCCn1ncc2c(N)nc3cc(-c4ccn[nH]4)ccc3c21. The second-order valence-electron chi connectivity index (χ2n) is 5.53. The first-order chi connectivity index (χ1) is 11.8. The topological polar surface area (TPSA) is 94.6 Å². The van der Waals surface area contributed by atoms with E-state index in [2.05, 4.69) is 26.3 Å². The monoisotopic (exact) mass is 322 g/mol. The van der Waals surface area contributed by atoms with Crippen molar-refractivity contribution in [2.45, 2.75) is 13.5 Å². The quantitative estimate of drug-likeness (QED) is 0.551. The molecule has 0 aliphatic carbocycles. The standard InChI is InChI=1S/C17H18N6O/c1-2-24-8-7-23-16-12-4-3-11(14-5-6-19-22-14)9-15(12)21-17(18)13(16)10-20-23/h3-6,9-10H,2,7-8H2,1H3,(H2,18,21)(H,19,22). The molecule has 0 aliphatic heterocycles. The molecule has 3 aromatic heterocycles. The average Bonchev–Trinajstić information content (AvgIpc) is 3.25. The predicted octanol–water partition coefficient (Wildman–Crippen LogP) is 2.59. The van der Waals surface area contributed by atoms with E-state index < -0.39 is 0 Å². The van der Waals surface area contributed by atoms with Crippen molar-refractivity contribution in [2.75, 3.05) is 18.9 Å². The Labute approximate surface area is 138 Å². The number of nitrogens with zero attached hydrogens (tertiary/aromatic N) is 4. The lowest BCUT2D eigenvalue weighted by Crippen LogP contribution is -2.07. The van der Waals surface area contributed by atoms with Gasteiger partial charge in [0, 0.05) is 23.8 Å². The van der Waals surface area contributed by atoms with E-state index >= 15 is 0 Å². The molecule has 0 atom stereocenters. The molecule has 7 nitrogen and oxygen atoms in total. The third-order valence-electron chi connectivity index (χ3n) is 4.07. The average molecular weight is 322 g/mol. The van der Waals surface area contributed by atoms with Gasteiger partial charge in [0.2, 0.25) is 0 Å². The summed E-state index contributed by atoms with van der Waals surface area (Å²) in [5, 5.41) is 13.3. The fourth-order valence-electron chi connectivity index (χ4n) is 2.92. The fourth-order valence-corrected chi connectivity index (χ4v) is 2.92. The first-order valence-electron chi connectivity index (χ1n) is 7.90. The third kappa shape index (κ3) is 2.39. The molecule has 4 rings (SSSR count). The van der Waals surface area contributed by atoms with E-state index in [0.717, 1.165) is 33.1 Å². The van der Waals surface area contributed by atoms with E-state index in [1.807, 2.05) is 29.8 Å².